The topological polar surface area (TPSA) is 31.9 Å². The van der Waals surface area contributed by atoms with Crippen LogP contribution in [0.25, 0.3) is 0 Å². The van der Waals surface area contributed by atoms with Crippen molar-refractivity contribution in [1.82, 2.24) is 15.1 Å². The van der Waals surface area contributed by atoms with Gasteiger partial charge in [-0.1, -0.05) is 6.92 Å². The molecule has 1 N–H and O–H groups in total. The lowest BCUT2D eigenvalue weighted by Gasteiger charge is -2.31. The molecule has 1 aliphatic heterocycles. The Morgan fingerprint density at radius 2 is 2.29 bits per heavy atom. The van der Waals surface area contributed by atoms with Gasteiger partial charge in [0.15, 0.2) is 0 Å². The minimum absolute atomic E-state index is 0.701. The van der Waals surface area contributed by atoms with Crippen LogP contribution < -0.4 is 0 Å². The molecule has 0 radical (unpaired) electrons. The largest absolute Gasteiger partial charge is 0.303 e. The summed E-state index contributed by atoms with van der Waals surface area (Å²) >= 11 is 1.97. The van der Waals surface area contributed by atoms with Crippen molar-refractivity contribution in [1.29, 1.82) is 0 Å². The molecule has 3 nitrogen and oxygen atoms in total. The van der Waals surface area contributed by atoms with Gasteiger partial charge in [-0.15, -0.1) is 0 Å². The summed E-state index contributed by atoms with van der Waals surface area (Å²) in [5.41, 5.74) is 1.32. The highest BCUT2D eigenvalue weighted by Crippen LogP contribution is 2.26. The van der Waals surface area contributed by atoms with Crippen molar-refractivity contribution in [2.45, 2.75) is 37.4 Å². The van der Waals surface area contributed by atoms with E-state index in [-0.39, 0.29) is 0 Å². The van der Waals surface area contributed by atoms with Gasteiger partial charge in [-0.25, -0.2) is 0 Å². The number of hydrogen-bond donors (Lipinski definition) is 1. The maximum atomic E-state index is 4.05. The Bertz CT molecular complexity index is 304. The molecule has 0 bridgehead atoms. The molecule has 2 rings (SSSR count). The van der Waals surface area contributed by atoms with E-state index in [1.807, 2.05) is 18.0 Å². The van der Waals surface area contributed by atoms with Crippen molar-refractivity contribution in [3.05, 3.63) is 18.0 Å². The number of aromatic nitrogens is 2. The third-order valence-electron chi connectivity index (χ3n) is 3.80. The Labute approximate surface area is 108 Å². The predicted molar refractivity (Wildman–Crippen MR) is 74.6 cm³/mol. The lowest BCUT2D eigenvalue weighted by Crippen LogP contribution is -2.34. The Hall–Kier alpha value is -0.480. The van der Waals surface area contributed by atoms with Crippen LogP contribution in [0.2, 0.25) is 0 Å². The van der Waals surface area contributed by atoms with Gasteiger partial charge in [0.05, 0.1) is 0 Å². The summed E-state index contributed by atoms with van der Waals surface area (Å²) in [4.78, 5) is 2.61. The van der Waals surface area contributed by atoms with E-state index in [9.17, 15) is 0 Å². The molecular weight excluding hydrogens is 230 g/mol. The summed E-state index contributed by atoms with van der Waals surface area (Å²) in [5.74, 6) is 0.701. The van der Waals surface area contributed by atoms with Crippen molar-refractivity contribution in [3.63, 3.8) is 0 Å². The molecule has 96 valence electrons. The van der Waals surface area contributed by atoms with Crippen molar-refractivity contribution in [2.24, 2.45) is 0 Å². The van der Waals surface area contributed by atoms with Gasteiger partial charge in [-0.3, -0.25) is 5.10 Å². The summed E-state index contributed by atoms with van der Waals surface area (Å²) in [7, 11) is 0. The predicted octanol–water partition coefficient (Wildman–Crippen LogP) is 2.73. The highest BCUT2D eigenvalue weighted by atomic mass is 32.2. The molecule has 1 aromatic rings. The van der Waals surface area contributed by atoms with Crippen LogP contribution in [0.5, 0.6) is 0 Å². The molecule has 0 amide bonds. The summed E-state index contributed by atoms with van der Waals surface area (Å²) in [6.45, 7) is 6.06. The number of hydrogen-bond acceptors (Lipinski definition) is 3. The lowest BCUT2D eigenvalue weighted by atomic mass is 9.93. The summed E-state index contributed by atoms with van der Waals surface area (Å²) in [6, 6.07) is 2.12. The number of likely N-dealkylation sites (tertiary alicyclic amines) is 1. The Balaban J connectivity index is 1.71. The van der Waals surface area contributed by atoms with E-state index in [0.29, 0.717) is 5.92 Å². The number of H-pyrrole nitrogens is 1. The van der Waals surface area contributed by atoms with Crippen LogP contribution in [0.4, 0.5) is 0 Å². The summed E-state index contributed by atoms with van der Waals surface area (Å²) in [5, 5.41) is 7.95. The van der Waals surface area contributed by atoms with Crippen LogP contribution in [0, 0.1) is 0 Å². The molecule has 1 unspecified atom stereocenters. The van der Waals surface area contributed by atoms with E-state index in [4.69, 9.17) is 0 Å². The molecule has 1 aliphatic rings. The average Bonchev–Trinajstić information content (AvgIpc) is 2.90. The monoisotopic (exact) mass is 253 g/mol. The van der Waals surface area contributed by atoms with Gasteiger partial charge in [0, 0.05) is 23.1 Å². The lowest BCUT2D eigenvalue weighted by molar-refractivity contribution is 0.209. The molecular formula is C13H23N3S. The molecule has 0 aliphatic carbocycles. The van der Waals surface area contributed by atoms with Gasteiger partial charge in [0.1, 0.15) is 0 Å². The highest BCUT2D eigenvalue weighted by Gasteiger charge is 2.21. The number of rotatable bonds is 5. The van der Waals surface area contributed by atoms with Crippen LogP contribution >= 0.6 is 11.8 Å². The van der Waals surface area contributed by atoms with Crippen molar-refractivity contribution >= 4 is 11.8 Å². The second kappa shape index (κ2) is 6.45. The van der Waals surface area contributed by atoms with E-state index in [2.05, 4.69) is 34.3 Å². The molecule has 4 heteroatoms. The zero-order valence-electron chi connectivity index (χ0n) is 10.9. The maximum absolute atomic E-state index is 4.05. The molecule has 1 saturated heterocycles. The van der Waals surface area contributed by atoms with Gasteiger partial charge in [0.25, 0.3) is 0 Å². The van der Waals surface area contributed by atoms with Crippen LogP contribution in [0.3, 0.4) is 0 Å². The van der Waals surface area contributed by atoms with E-state index >= 15 is 0 Å². The summed E-state index contributed by atoms with van der Waals surface area (Å²) < 4.78 is 0. The van der Waals surface area contributed by atoms with Gasteiger partial charge in [-0.2, -0.15) is 16.9 Å². The third-order valence-corrected chi connectivity index (χ3v) is 4.84. The molecule has 1 fully saturated rings. The first kappa shape index (κ1) is 13.0. The number of thioether (sulfide) groups is 1. The standard InChI is InChI=1S/C13H23N3S/c1-11(17-2)4-8-16-9-5-12(6-10-16)13-3-7-14-15-13/h3,7,11-12H,4-6,8-10H2,1-2H3,(H,14,15). The first-order chi connectivity index (χ1) is 8.29. The van der Waals surface area contributed by atoms with Crippen LogP contribution in [0.15, 0.2) is 12.3 Å². The Morgan fingerprint density at radius 1 is 1.53 bits per heavy atom. The molecule has 0 saturated carbocycles. The minimum Gasteiger partial charge on any atom is -0.303 e. The number of aromatic amines is 1. The Kier molecular flexibility index (Phi) is 4.92. The fourth-order valence-electron chi connectivity index (χ4n) is 2.44. The van der Waals surface area contributed by atoms with E-state index < -0.39 is 0 Å². The molecule has 2 heterocycles. The summed E-state index contributed by atoms with van der Waals surface area (Å²) in [6.07, 6.45) is 7.93. The highest BCUT2D eigenvalue weighted by molar-refractivity contribution is 7.99. The first-order valence-electron chi connectivity index (χ1n) is 6.54. The smallest absolute Gasteiger partial charge is 0.0490 e. The first-order valence-corrected chi connectivity index (χ1v) is 7.83. The molecule has 0 spiro atoms. The van der Waals surface area contributed by atoms with Gasteiger partial charge >= 0.3 is 0 Å². The van der Waals surface area contributed by atoms with E-state index in [1.54, 1.807) is 0 Å². The quantitative estimate of drug-likeness (QED) is 0.875. The fourth-order valence-corrected chi connectivity index (χ4v) is 2.78. The molecule has 17 heavy (non-hydrogen) atoms. The van der Waals surface area contributed by atoms with E-state index in [1.165, 1.54) is 44.6 Å². The minimum atomic E-state index is 0.701. The average molecular weight is 253 g/mol. The zero-order chi connectivity index (χ0) is 12.1. The zero-order valence-corrected chi connectivity index (χ0v) is 11.7. The Morgan fingerprint density at radius 3 is 2.88 bits per heavy atom. The molecule has 0 aromatic carbocycles. The van der Waals surface area contributed by atoms with Crippen molar-refractivity contribution in [3.8, 4) is 0 Å². The van der Waals surface area contributed by atoms with E-state index in [0.717, 1.165) is 5.25 Å². The number of piperidine rings is 1. The maximum Gasteiger partial charge on any atom is 0.0490 e. The molecule has 1 atom stereocenters. The normalized spacial score (nSPS) is 20.6. The van der Waals surface area contributed by atoms with Crippen LogP contribution in [-0.2, 0) is 0 Å². The third kappa shape index (κ3) is 3.75. The van der Waals surface area contributed by atoms with Crippen LogP contribution in [0.1, 0.15) is 37.8 Å². The second-order valence-corrected chi connectivity index (χ2v) is 6.24. The van der Waals surface area contributed by atoms with Crippen molar-refractivity contribution in [2.75, 3.05) is 25.9 Å². The van der Waals surface area contributed by atoms with Gasteiger partial charge in [0.2, 0.25) is 0 Å². The SMILES string of the molecule is CSC(C)CCN1CCC(c2ccn[nH]2)CC1. The fraction of sp³-hybridized carbons (Fsp3) is 0.769. The second-order valence-electron chi connectivity index (χ2n) is 4.96. The van der Waals surface area contributed by atoms with Gasteiger partial charge in [-0.05, 0) is 51.2 Å². The molecule has 1 aromatic heterocycles. The van der Waals surface area contributed by atoms with Gasteiger partial charge < -0.3 is 4.90 Å². The van der Waals surface area contributed by atoms with Crippen LogP contribution in [-0.4, -0.2) is 46.2 Å². The number of nitrogens with zero attached hydrogens (tertiary/aromatic N) is 2. The van der Waals surface area contributed by atoms with Crippen molar-refractivity contribution < 1.29 is 0 Å². The number of nitrogens with one attached hydrogen (secondary N) is 1.